The zero-order chi connectivity index (χ0) is 22.4. The number of pyridine rings is 1. The van der Waals surface area contributed by atoms with Gasteiger partial charge < -0.3 is 20.1 Å². The Kier molecular flexibility index (Phi) is 7.71. The van der Waals surface area contributed by atoms with Crippen LogP contribution in [-0.2, 0) is 6.54 Å². The highest BCUT2D eigenvalue weighted by molar-refractivity contribution is 6.33. The molecule has 0 atom stereocenters. The molecular weight excluding hydrogens is 412 g/mol. The molecule has 2 amide bonds. The van der Waals surface area contributed by atoms with E-state index in [1.807, 2.05) is 43.3 Å². The lowest BCUT2D eigenvalue weighted by molar-refractivity contribution is 0.194. The van der Waals surface area contributed by atoms with Gasteiger partial charge in [-0.25, -0.2) is 4.79 Å². The van der Waals surface area contributed by atoms with E-state index in [2.05, 4.69) is 29.0 Å². The first-order valence-corrected chi connectivity index (χ1v) is 10.9. The van der Waals surface area contributed by atoms with Crippen molar-refractivity contribution in [3.8, 4) is 0 Å². The first-order chi connectivity index (χ1) is 14.9. The summed E-state index contributed by atoms with van der Waals surface area (Å²) in [6.07, 6.45) is 0. The number of benzene rings is 2. The van der Waals surface area contributed by atoms with Gasteiger partial charge in [0.15, 0.2) is 0 Å². The second-order valence-corrected chi connectivity index (χ2v) is 7.98. The molecule has 7 heteroatoms. The number of fused-ring (bicyclic) bond motifs is 1. The van der Waals surface area contributed by atoms with Gasteiger partial charge in [0.05, 0.1) is 17.3 Å². The number of anilines is 1. The molecule has 0 aliphatic rings. The van der Waals surface area contributed by atoms with Crippen molar-refractivity contribution in [1.82, 2.24) is 14.8 Å². The molecule has 0 radical (unpaired) electrons. The van der Waals surface area contributed by atoms with E-state index in [0.29, 0.717) is 29.4 Å². The second kappa shape index (κ2) is 10.5. The molecule has 0 aliphatic heterocycles. The van der Waals surface area contributed by atoms with Gasteiger partial charge in [0.25, 0.3) is 5.56 Å². The fraction of sp³-hybridized carbons (Fsp3) is 0.333. The first kappa shape index (κ1) is 22.8. The Hall–Kier alpha value is -2.83. The Morgan fingerprint density at radius 2 is 1.81 bits per heavy atom. The molecular formula is C24H29ClN4O2. The Bertz CT molecular complexity index is 1110. The number of carbonyl (C=O) groups excluding carboxylic acids is 1. The second-order valence-electron chi connectivity index (χ2n) is 7.57. The van der Waals surface area contributed by atoms with Gasteiger partial charge in [-0.05, 0) is 55.2 Å². The summed E-state index contributed by atoms with van der Waals surface area (Å²) >= 11 is 6.21. The van der Waals surface area contributed by atoms with Crippen molar-refractivity contribution in [1.29, 1.82) is 0 Å². The highest BCUT2D eigenvalue weighted by Crippen LogP contribution is 2.21. The minimum Gasteiger partial charge on any atom is -0.322 e. The minimum atomic E-state index is -0.288. The number of nitrogens with zero attached hydrogens (tertiary/aromatic N) is 2. The number of rotatable bonds is 8. The van der Waals surface area contributed by atoms with Gasteiger partial charge >= 0.3 is 6.03 Å². The number of aromatic nitrogens is 1. The molecule has 3 aromatic rings. The van der Waals surface area contributed by atoms with Crippen LogP contribution in [0.3, 0.4) is 0 Å². The molecule has 1 heterocycles. The Labute approximate surface area is 187 Å². The fourth-order valence-corrected chi connectivity index (χ4v) is 3.68. The molecule has 0 saturated heterocycles. The van der Waals surface area contributed by atoms with Crippen molar-refractivity contribution in [2.45, 2.75) is 27.3 Å². The van der Waals surface area contributed by atoms with E-state index in [9.17, 15) is 9.59 Å². The van der Waals surface area contributed by atoms with Crippen molar-refractivity contribution in [3.05, 3.63) is 75.0 Å². The normalized spacial score (nSPS) is 11.1. The van der Waals surface area contributed by atoms with E-state index in [4.69, 9.17) is 11.6 Å². The Balaban J connectivity index is 1.86. The third-order valence-corrected chi connectivity index (χ3v) is 5.75. The molecule has 0 fully saturated rings. The number of H-pyrrole nitrogens is 1. The van der Waals surface area contributed by atoms with Crippen LogP contribution < -0.4 is 10.9 Å². The van der Waals surface area contributed by atoms with E-state index in [1.54, 1.807) is 17.0 Å². The van der Waals surface area contributed by atoms with Gasteiger partial charge in [-0.3, -0.25) is 4.79 Å². The third-order valence-electron chi connectivity index (χ3n) is 5.42. The Morgan fingerprint density at radius 3 is 2.52 bits per heavy atom. The van der Waals surface area contributed by atoms with Crippen LogP contribution in [-0.4, -0.2) is 47.0 Å². The number of urea groups is 1. The lowest BCUT2D eigenvalue weighted by Gasteiger charge is -2.27. The van der Waals surface area contributed by atoms with Crippen molar-refractivity contribution in [3.63, 3.8) is 0 Å². The van der Waals surface area contributed by atoms with Gasteiger partial charge in [0.1, 0.15) is 0 Å². The van der Waals surface area contributed by atoms with Gasteiger partial charge in [0.2, 0.25) is 0 Å². The zero-order valence-electron chi connectivity index (χ0n) is 18.2. The molecule has 31 heavy (non-hydrogen) atoms. The van der Waals surface area contributed by atoms with Crippen LogP contribution in [0.25, 0.3) is 10.9 Å². The van der Waals surface area contributed by atoms with Crippen LogP contribution in [0.15, 0.2) is 53.3 Å². The smallest absolute Gasteiger partial charge is 0.322 e. The van der Waals surface area contributed by atoms with Crippen molar-refractivity contribution < 1.29 is 4.79 Å². The summed E-state index contributed by atoms with van der Waals surface area (Å²) in [4.78, 5) is 32.7. The molecule has 2 aromatic carbocycles. The van der Waals surface area contributed by atoms with Crippen LogP contribution in [0.1, 0.15) is 25.0 Å². The van der Waals surface area contributed by atoms with Crippen LogP contribution >= 0.6 is 11.6 Å². The SMILES string of the molecule is CCN(CC)CCN(Cc1cc2ccc(C)cc2[nH]c1=O)C(=O)Nc1ccccc1Cl. The number of para-hydroxylation sites is 1. The maximum atomic E-state index is 13.1. The summed E-state index contributed by atoms with van der Waals surface area (Å²) in [5.74, 6) is 0. The fourth-order valence-electron chi connectivity index (χ4n) is 3.49. The number of carbonyl (C=O) groups is 1. The topological polar surface area (TPSA) is 68.4 Å². The maximum absolute atomic E-state index is 13.1. The highest BCUT2D eigenvalue weighted by atomic mass is 35.5. The van der Waals surface area contributed by atoms with Crippen molar-refractivity contribution in [2.75, 3.05) is 31.5 Å². The lowest BCUT2D eigenvalue weighted by atomic mass is 10.1. The minimum absolute atomic E-state index is 0.184. The third kappa shape index (κ3) is 5.87. The summed E-state index contributed by atoms with van der Waals surface area (Å²) in [6, 6.07) is 14.6. The molecule has 0 unspecified atom stereocenters. The van der Waals surface area contributed by atoms with Crippen LogP contribution in [0.5, 0.6) is 0 Å². The Morgan fingerprint density at radius 1 is 1.06 bits per heavy atom. The summed E-state index contributed by atoms with van der Waals surface area (Å²) in [5, 5.41) is 4.29. The number of nitrogens with one attached hydrogen (secondary N) is 2. The number of hydrogen-bond donors (Lipinski definition) is 2. The molecule has 0 saturated carbocycles. The molecule has 2 N–H and O–H groups in total. The van der Waals surface area contributed by atoms with Crippen LogP contribution in [0, 0.1) is 6.92 Å². The number of amides is 2. The molecule has 3 rings (SSSR count). The highest BCUT2D eigenvalue weighted by Gasteiger charge is 2.18. The summed E-state index contributed by atoms with van der Waals surface area (Å²) in [6.45, 7) is 9.37. The van der Waals surface area contributed by atoms with Crippen LogP contribution in [0.4, 0.5) is 10.5 Å². The number of halogens is 1. The molecule has 164 valence electrons. The standard InChI is InChI=1S/C24H29ClN4O2/c1-4-28(5-2)12-13-29(24(31)27-21-9-7-6-8-20(21)25)16-19-15-18-11-10-17(3)14-22(18)26-23(19)30/h6-11,14-15H,4-5,12-13,16H2,1-3H3,(H,26,30)(H,27,31). The summed E-state index contributed by atoms with van der Waals surface area (Å²) in [5.41, 5.74) is 2.78. The first-order valence-electron chi connectivity index (χ1n) is 10.6. The van der Waals surface area contributed by atoms with Crippen molar-refractivity contribution >= 4 is 34.2 Å². The van der Waals surface area contributed by atoms with E-state index in [0.717, 1.165) is 29.6 Å². The quantitative estimate of drug-likeness (QED) is 0.525. The average Bonchev–Trinajstić information content (AvgIpc) is 2.75. The molecule has 1 aromatic heterocycles. The predicted octanol–water partition coefficient (Wildman–Crippen LogP) is 4.87. The number of aryl methyl sites for hydroxylation is 1. The number of hydrogen-bond acceptors (Lipinski definition) is 3. The van der Waals surface area contributed by atoms with Gasteiger partial charge in [0, 0.05) is 24.2 Å². The van der Waals surface area contributed by atoms with Crippen molar-refractivity contribution in [2.24, 2.45) is 0 Å². The van der Waals surface area contributed by atoms with E-state index >= 15 is 0 Å². The molecule has 0 bridgehead atoms. The van der Waals surface area contributed by atoms with E-state index in [-0.39, 0.29) is 18.1 Å². The largest absolute Gasteiger partial charge is 0.322 e. The lowest BCUT2D eigenvalue weighted by Crippen LogP contribution is -2.41. The molecule has 6 nitrogen and oxygen atoms in total. The maximum Gasteiger partial charge on any atom is 0.322 e. The zero-order valence-corrected chi connectivity index (χ0v) is 19.0. The molecule has 0 aliphatic carbocycles. The number of aromatic amines is 1. The summed E-state index contributed by atoms with van der Waals surface area (Å²) < 4.78 is 0. The van der Waals surface area contributed by atoms with Gasteiger partial charge in [-0.2, -0.15) is 0 Å². The monoisotopic (exact) mass is 440 g/mol. The van der Waals surface area contributed by atoms with E-state index in [1.165, 1.54) is 0 Å². The number of likely N-dealkylation sites (N-methyl/N-ethyl adjacent to an activating group) is 1. The predicted molar refractivity (Wildman–Crippen MR) is 128 cm³/mol. The average molecular weight is 441 g/mol. The molecule has 0 spiro atoms. The van der Waals surface area contributed by atoms with Crippen LogP contribution in [0.2, 0.25) is 5.02 Å². The summed E-state index contributed by atoms with van der Waals surface area (Å²) in [7, 11) is 0. The van der Waals surface area contributed by atoms with Gasteiger partial charge in [-0.15, -0.1) is 0 Å². The van der Waals surface area contributed by atoms with Gasteiger partial charge in [-0.1, -0.05) is 49.7 Å². The van der Waals surface area contributed by atoms with E-state index < -0.39 is 0 Å².